The van der Waals surface area contributed by atoms with Gasteiger partial charge in [-0.3, -0.25) is 0 Å². The summed E-state index contributed by atoms with van der Waals surface area (Å²) in [6.45, 7) is 3.35. The maximum Gasteiger partial charge on any atom is 0.509 e. The van der Waals surface area contributed by atoms with E-state index in [1.54, 1.807) is 26.0 Å². The minimum atomic E-state index is -1.76. The van der Waals surface area contributed by atoms with E-state index in [0.717, 1.165) is 5.56 Å². The number of aromatic nitrogens is 3. The van der Waals surface area contributed by atoms with E-state index in [1.165, 1.54) is 10.8 Å². The van der Waals surface area contributed by atoms with Gasteiger partial charge in [0.1, 0.15) is 35.8 Å². The van der Waals surface area contributed by atoms with E-state index in [1.807, 2.05) is 30.3 Å². The number of hydrogen-bond acceptors (Lipinski definition) is 9. The Morgan fingerprint density at radius 1 is 1.29 bits per heavy atom. The summed E-state index contributed by atoms with van der Waals surface area (Å²) in [5.74, 6) is 0.276. The first-order chi connectivity index (χ1) is 14.8. The number of nitrogens with two attached hydrogens (primary N) is 1. The summed E-state index contributed by atoms with van der Waals surface area (Å²) in [6, 6.07) is 12.6. The van der Waals surface area contributed by atoms with Crippen molar-refractivity contribution in [3.63, 3.8) is 0 Å². The topological polar surface area (TPSA) is 141 Å². The van der Waals surface area contributed by atoms with Crippen molar-refractivity contribution < 1.29 is 29.2 Å². The van der Waals surface area contributed by atoms with Gasteiger partial charge in [0.05, 0.1) is 5.69 Å². The molecule has 1 saturated carbocycles. The van der Waals surface area contributed by atoms with Gasteiger partial charge in [-0.25, -0.2) is 14.3 Å². The van der Waals surface area contributed by atoms with Crippen LogP contribution in [0.3, 0.4) is 0 Å². The first-order valence-electron chi connectivity index (χ1n) is 9.86. The lowest BCUT2D eigenvalue weighted by atomic mass is 9.91. The van der Waals surface area contributed by atoms with Gasteiger partial charge >= 0.3 is 6.16 Å². The van der Waals surface area contributed by atoms with Gasteiger partial charge in [-0.2, -0.15) is 5.10 Å². The Labute approximate surface area is 177 Å². The van der Waals surface area contributed by atoms with Crippen LogP contribution in [0.15, 0.2) is 48.8 Å². The Balaban J connectivity index is 1.30. The van der Waals surface area contributed by atoms with E-state index >= 15 is 0 Å². The van der Waals surface area contributed by atoms with E-state index < -0.39 is 41.8 Å². The molecular weight excluding hydrogens is 404 g/mol. The van der Waals surface area contributed by atoms with Crippen LogP contribution in [0, 0.1) is 0 Å². The number of benzene rings is 1. The smallest absolute Gasteiger partial charge is 0.426 e. The number of aliphatic hydroxyl groups is 2. The van der Waals surface area contributed by atoms with Gasteiger partial charge in [-0.05, 0) is 31.5 Å². The third-order valence-electron chi connectivity index (χ3n) is 6.16. The maximum atomic E-state index is 12.2. The van der Waals surface area contributed by atoms with Crippen molar-refractivity contribution in [2.45, 2.75) is 49.5 Å². The van der Waals surface area contributed by atoms with Gasteiger partial charge in [0.2, 0.25) is 0 Å². The summed E-state index contributed by atoms with van der Waals surface area (Å²) in [5, 5.41) is 26.1. The number of carbonyl (C=O) groups is 1. The van der Waals surface area contributed by atoms with Crippen LogP contribution >= 0.6 is 0 Å². The predicted octanol–water partition coefficient (Wildman–Crippen LogP) is 1.31. The molecule has 5 rings (SSSR count). The number of ether oxygens (including phenoxy) is 3. The minimum absolute atomic E-state index is 0.276. The van der Waals surface area contributed by atoms with Crippen LogP contribution in [-0.2, 0) is 19.8 Å². The fourth-order valence-electron chi connectivity index (χ4n) is 4.32. The summed E-state index contributed by atoms with van der Waals surface area (Å²) >= 11 is 0. The molecule has 0 bridgehead atoms. The molecular formula is C21H22N4O6. The molecule has 10 nitrogen and oxygen atoms in total. The lowest BCUT2D eigenvalue weighted by Gasteiger charge is -2.32. The molecule has 3 aromatic rings. The molecule has 4 N–H and O–H groups in total. The van der Waals surface area contributed by atoms with Gasteiger partial charge in [0.25, 0.3) is 0 Å². The fraction of sp³-hybridized carbons (Fsp3) is 0.381. The molecule has 10 heteroatoms. The third-order valence-corrected chi connectivity index (χ3v) is 6.16. The van der Waals surface area contributed by atoms with Crippen molar-refractivity contribution in [3.05, 3.63) is 60.0 Å². The molecule has 1 unspecified atom stereocenters. The van der Waals surface area contributed by atoms with Crippen LogP contribution in [-0.4, -0.2) is 54.9 Å². The van der Waals surface area contributed by atoms with E-state index in [0.29, 0.717) is 11.2 Å². The molecule has 3 heterocycles. The Bertz CT molecular complexity index is 1150. The second-order valence-corrected chi connectivity index (χ2v) is 8.06. The van der Waals surface area contributed by atoms with Gasteiger partial charge in [-0.1, -0.05) is 30.3 Å². The van der Waals surface area contributed by atoms with Crippen LogP contribution in [0.25, 0.3) is 5.52 Å². The first kappa shape index (κ1) is 19.7. The molecule has 1 aromatic carbocycles. The number of nitrogens with zero attached hydrogens (tertiary/aromatic N) is 3. The van der Waals surface area contributed by atoms with Gasteiger partial charge in [0.15, 0.2) is 17.5 Å². The number of anilines is 1. The quantitative estimate of drug-likeness (QED) is 0.527. The minimum Gasteiger partial charge on any atom is -0.426 e. The summed E-state index contributed by atoms with van der Waals surface area (Å²) in [7, 11) is 0. The molecule has 0 spiro atoms. The van der Waals surface area contributed by atoms with E-state index in [9.17, 15) is 15.0 Å². The Morgan fingerprint density at radius 2 is 2.03 bits per heavy atom. The van der Waals surface area contributed by atoms with E-state index in [-0.39, 0.29) is 5.82 Å². The highest BCUT2D eigenvalue weighted by atomic mass is 16.8. The summed E-state index contributed by atoms with van der Waals surface area (Å²) < 4.78 is 18.0. The zero-order chi connectivity index (χ0) is 22.0. The molecule has 0 radical (unpaired) electrons. The zero-order valence-corrected chi connectivity index (χ0v) is 16.9. The number of hydrogen-bond donors (Lipinski definition) is 3. The molecule has 2 fully saturated rings. The average molecular weight is 426 g/mol. The Hall–Kier alpha value is -3.21. The summed E-state index contributed by atoms with van der Waals surface area (Å²) in [4.78, 5) is 16.2. The molecule has 1 saturated heterocycles. The lowest BCUT2D eigenvalue weighted by Crippen LogP contribution is -2.46. The standard InChI is InChI=1S/C21H22N4O6/c1-11(12-6-4-3-5-7-12)29-19(27)30-15-16-21(15,28)18(26)20(2,31-16)14-9-8-13-17(22)23-10-24-25(13)14/h3-11,15-16,18,26,28H,1-2H3,(H2,22,23,24)/t11-,15?,16-,18+,20+,21-/m1/s1. The first-order valence-corrected chi connectivity index (χ1v) is 9.86. The molecule has 31 heavy (non-hydrogen) atoms. The van der Waals surface area contributed by atoms with Gasteiger partial charge < -0.3 is 30.2 Å². The van der Waals surface area contributed by atoms with Crippen molar-refractivity contribution in [1.29, 1.82) is 0 Å². The van der Waals surface area contributed by atoms with Crippen LogP contribution in [0.1, 0.15) is 31.2 Å². The second-order valence-electron chi connectivity index (χ2n) is 8.06. The average Bonchev–Trinajstić information content (AvgIpc) is 3.06. The summed E-state index contributed by atoms with van der Waals surface area (Å²) in [5.41, 5.74) is 4.66. The van der Waals surface area contributed by atoms with Gasteiger partial charge in [-0.15, -0.1) is 0 Å². The van der Waals surface area contributed by atoms with E-state index in [2.05, 4.69) is 10.1 Å². The van der Waals surface area contributed by atoms with Crippen molar-refractivity contribution in [2.24, 2.45) is 0 Å². The monoisotopic (exact) mass is 426 g/mol. The molecule has 0 amide bonds. The van der Waals surface area contributed by atoms with Crippen molar-refractivity contribution >= 4 is 17.5 Å². The largest absolute Gasteiger partial charge is 0.509 e. The van der Waals surface area contributed by atoms with Crippen molar-refractivity contribution in [2.75, 3.05) is 5.73 Å². The van der Waals surface area contributed by atoms with Crippen LogP contribution in [0.4, 0.5) is 10.6 Å². The zero-order valence-electron chi connectivity index (χ0n) is 16.9. The number of fused-ring (bicyclic) bond motifs is 2. The fourth-order valence-corrected chi connectivity index (χ4v) is 4.32. The van der Waals surface area contributed by atoms with E-state index in [4.69, 9.17) is 19.9 Å². The molecule has 2 aliphatic rings. The Kier molecular flexibility index (Phi) is 4.23. The SMILES string of the molecule is C[C@@H](OC(=O)OC1[C@H]2O[C@@](C)(c3ccc4c(N)ncnn34)[C@H](O)[C@@]12O)c1ccccc1. The normalized spacial score (nSPS) is 32.5. The number of carbonyl (C=O) groups excluding carboxylic acids is 1. The van der Waals surface area contributed by atoms with Crippen molar-refractivity contribution in [1.82, 2.24) is 14.6 Å². The molecule has 1 aliphatic heterocycles. The highest BCUT2D eigenvalue weighted by Crippen LogP contribution is 2.59. The van der Waals surface area contributed by atoms with Gasteiger partial charge in [0, 0.05) is 0 Å². The third kappa shape index (κ3) is 2.79. The summed E-state index contributed by atoms with van der Waals surface area (Å²) in [6.07, 6.45) is -3.52. The lowest BCUT2D eigenvalue weighted by molar-refractivity contribution is -0.133. The second kappa shape index (κ2) is 6.64. The van der Waals surface area contributed by atoms with Crippen LogP contribution < -0.4 is 5.73 Å². The molecule has 2 aromatic heterocycles. The number of rotatable bonds is 4. The predicted molar refractivity (Wildman–Crippen MR) is 107 cm³/mol. The molecule has 162 valence electrons. The number of aliphatic hydroxyl groups excluding tert-OH is 1. The number of nitrogen functional groups attached to an aromatic ring is 1. The van der Waals surface area contributed by atoms with Crippen molar-refractivity contribution in [3.8, 4) is 0 Å². The maximum absolute atomic E-state index is 12.2. The van der Waals surface area contributed by atoms with Crippen LogP contribution in [0.5, 0.6) is 0 Å². The Morgan fingerprint density at radius 3 is 2.71 bits per heavy atom. The van der Waals surface area contributed by atoms with Crippen LogP contribution in [0.2, 0.25) is 0 Å². The molecule has 1 aliphatic carbocycles. The molecule has 6 atom stereocenters. The highest BCUT2D eigenvalue weighted by molar-refractivity contribution is 5.66. The highest BCUT2D eigenvalue weighted by Gasteiger charge is 2.82.